The van der Waals surface area contributed by atoms with Gasteiger partial charge in [-0.2, -0.15) is 5.26 Å². The molecule has 0 fully saturated rings. The van der Waals surface area contributed by atoms with E-state index in [1.54, 1.807) is 37.4 Å². The number of aromatic nitrogens is 4. The molecule has 0 bridgehead atoms. The molecule has 0 atom stereocenters. The van der Waals surface area contributed by atoms with Gasteiger partial charge in [0.15, 0.2) is 5.65 Å². The van der Waals surface area contributed by atoms with E-state index >= 15 is 0 Å². The maximum absolute atomic E-state index is 13.0. The third-order valence-electron chi connectivity index (χ3n) is 4.51. The molecule has 0 radical (unpaired) electrons. The lowest BCUT2D eigenvalue weighted by molar-refractivity contribution is -0.117. The van der Waals surface area contributed by atoms with Gasteiger partial charge in [0, 0.05) is 24.4 Å². The molecule has 0 spiro atoms. The number of carbonyl (C=O) groups excluding carboxylic acids is 1. The number of hydrogen-bond donors (Lipinski definition) is 1. The molecule has 0 saturated heterocycles. The number of benzene rings is 2. The lowest BCUT2D eigenvalue weighted by Crippen LogP contribution is -2.28. The lowest BCUT2D eigenvalue weighted by atomic mass is 10.2. The minimum absolute atomic E-state index is 0.257. The molecule has 2 aromatic carbocycles. The monoisotopic (exact) mass is 414 g/mol. The molecule has 0 aliphatic carbocycles. The maximum atomic E-state index is 13.0. The minimum atomic E-state index is -0.480. The van der Waals surface area contributed by atoms with Crippen molar-refractivity contribution in [2.75, 3.05) is 12.4 Å². The van der Waals surface area contributed by atoms with E-state index in [4.69, 9.17) is 10.00 Å². The Balaban J connectivity index is 1.71. The van der Waals surface area contributed by atoms with E-state index in [9.17, 15) is 9.59 Å². The summed E-state index contributed by atoms with van der Waals surface area (Å²) in [6.07, 6.45) is 0. The summed E-state index contributed by atoms with van der Waals surface area (Å²) in [6.45, 7) is -0.0295. The first-order chi connectivity index (χ1) is 15.1. The van der Waals surface area contributed by atoms with Crippen LogP contribution in [-0.2, 0) is 22.7 Å². The number of ether oxygens (including phenoxy) is 1. The van der Waals surface area contributed by atoms with Crippen LogP contribution in [0.3, 0.4) is 0 Å². The van der Waals surface area contributed by atoms with E-state index in [0.29, 0.717) is 28.4 Å². The summed E-state index contributed by atoms with van der Waals surface area (Å²) >= 11 is 0. The molecule has 0 unspecified atom stereocenters. The summed E-state index contributed by atoms with van der Waals surface area (Å²) in [6, 6.07) is 19.5. The number of nitrogens with zero attached hydrogens (tertiary/aromatic N) is 5. The molecular weight excluding hydrogens is 396 g/mol. The first-order valence-corrected chi connectivity index (χ1v) is 9.43. The molecule has 1 N–H and O–H groups in total. The predicted octanol–water partition coefficient (Wildman–Crippen LogP) is 2.21. The molecule has 0 aliphatic heterocycles. The van der Waals surface area contributed by atoms with Gasteiger partial charge in [-0.1, -0.05) is 36.4 Å². The van der Waals surface area contributed by atoms with Crippen molar-refractivity contribution >= 4 is 17.2 Å². The highest BCUT2D eigenvalue weighted by atomic mass is 16.5. The predicted molar refractivity (Wildman–Crippen MR) is 113 cm³/mol. The second kappa shape index (κ2) is 8.61. The van der Waals surface area contributed by atoms with Crippen molar-refractivity contribution in [1.82, 2.24) is 19.2 Å². The second-order valence-corrected chi connectivity index (χ2v) is 6.74. The molecule has 0 saturated carbocycles. The number of rotatable bonds is 6. The van der Waals surface area contributed by atoms with Crippen LogP contribution in [-0.4, -0.2) is 32.2 Å². The van der Waals surface area contributed by atoms with Crippen LogP contribution in [0.15, 0.2) is 65.5 Å². The zero-order valence-corrected chi connectivity index (χ0v) is 16.6. The molecular formula is C22H18N6O3. The zero-order chi connectivity index (χ0) is 21.8. The molecule has 4 rings (SSSR count). The van der Waals surface area contributed by atoms with Gasteiger partial charge in [0.1, 0.15) is 12.4 Å². The molecule has 31 heavy (non-hydrogen) atoms. The van der Waals surface area contributed by atoms with Gasteiger partial charge in [-0.3, -0.25) is 4.79 Å². The van der Waals surface area contributed by atoms with E-state index in [1.165, 1.54) is 4.40 Å². The smallest absolute Gasteiger partial charge is 0.352 e. The lowest BCUT2D eigenvalue weighted by Gasteiger charge is -2.06. The van der Waals surface area contributed by atoms with Crippen LogP contribution in [0.5, 0.6) is 0 Å². The Hall–Kier alpha value is -4.29. The second-order valence-electron chi connectivity index (χ2n) is 6.74. The van der Waals surface area contributed by atoms with Crippen LogP contribution in [0.1, 0.15) is 11.3 Å². The zero-order valence-electron chi connectivity index (χ0n) is 16.6. The molecule has 154 valence electrons. The van der Waals surface area contributed by atoms with Crippen LogP contribution < -0.4 is 11.0 Å². The number of carbonyl (C=O) groups is 1. The Bertz CT molecular complexity index is 1350. The quantitative estimate of drug-likeness (QED) is 0.517. The van der Waals surface area contributed by atoms with E-state index < -0.39 is 11.6 Å². The van der Waals surface area contributed by atoms with Gasteiger partial charge < -0.3 is 10.1 Å². The van der Waals surface area contributed by atoms with Gasteiger partial charge in [-0.15, -0.1) is 5.10 Å². The number of nitriles is 1. The molecule has 2 heterocycles. The standard InChI is InChI=1S/C22H18N6O3/c1-31-14-18-11-19-26-27(13-20(29)24-17-9-5-6-15(10-17)12-23)22(30)28(19)21(25-18)16-7-3-2-4-8-16/h2-11H,13-14H2,1H3,(H,24,29). The fraction of sp³-hybridized carbons (Fsp3) is 0.136. The highest BCUT2D eigenvalue weighted by Gasteiger charge is 2.17. The average Bonchev–Trinajstić information content (AvgIpc) is 3.09. The Labute approximate surface area is 177 Å². The molecule has 2 aromatic heterocycles. The van der Waals surface area contributed by atoms with Crippen molar-refractivity contribution in [2.24, 2.45) is 0 Å². The molecule has 1 amide bonds. The highest BCUT2D eigenvalue weighted by molar-refractivity contribution is 5.90. The molecule has 0 aliphatic rings. The topological polar surface area (TPSA) is 114 Å². The van der Waals surface area contributed by atoms with Gasteiger partial charge in [0.05, 0.1) is 23.9 Å². The fourth-order valence-electron chi connectivity index (χ4n) is 3.19. The van der Waals surface area contributed by atoms with Crippen molar-refractivity contribution in [1.29, 1.82) is 5.26 Å². The van der Waals surface area contributed by atoms with Crippen molar-refractivity contribution < 1.29 is 9.53 Å². The van der Waals surface area contributed by atoms with Gasteiger partial charge in [-0.05, 0) is 18.2 Å². The van der Waals surface area contributed by atoms with Gasteiger partial charge >= 0.3 is 5.69 Å². The summed E-state index contributed by atoms with van der Waals surface area (Å²) in [5, 5.41) is 16.0. The number of methoxy groups -OCH3 is 1. The van der Waals surface area contributed by atoms with E-state index in [2.05, 4.69) is 15.4 Å². The largest absolute Gasteiger partial charge is 0.378 e. The normalized spacial score (nSPS) is 10.7. The van der Waals surface area contributed by atoms with Crippen LogP contribution >= 0.6 is 0 Å². The first-order valence-electron chi connectivity index (χ1n) is 9.43. The van der Waals surface area contributed by atoms with Crippen LogP contribution in [0, 0.1) is 11.3 Å². The third kappa shape index (κ3) is 4.19. The number of fused-ring (bicyclic) bond motifs is 1. The van der Waals surface area contributed by atoms with Crippen LogP contribution in [0.2, 0.25) is 0 Å². The number of hydrogen-bond acceptors (Lipinski definition) is 6. The van der Waals surface area contributed by atoms with Crippen LogP contribution in [0.4, 0.5) is 5.69 Å². The summed E-state index contributed by atoms with van der Waals surface area (Å²) in [5.41, 5.74) is 2.13. The highest BCUT2D eigenvalue weighted by Crippen LogP contribution is 2.18. The number of amides is 1. The van der Waals surface area contributed by atoms with E-state index in [0.717, 1.165) is 10.2 Å². The van der Waals surface area contributed by atoms with Gasteiger partial charge in [0.2, 0.25) is 5.91 Å². The summed E-state index contributed by atoms with van der Waals surface area (Å²) in [4.78, 5) is 30.1. The summed E-state index contributed by atoms with van der Waals surface area (Å²) < 4.78 is 7.64. The van der Waals surface area contributed by atoms with Crippen molar-refractivity contribution in [3.8, 4) is 17.5 Å². The average molecular weight is 414 g/mol. The van der Waals surface area contributed by atoms with Gasteiger partial charge in [-0.25, -0.2) is 18.9 Å². The number of nitrogens with one attached hydrogen (secondary N) is 1. The summed E-state index contributed by atoms with van der Waals surface area (Å²) in [7, 11) is 1.56. The maximum Gasteiger partial charge on any atom is 0.352 e. The third-order valence-corrected chi connectivity index (χ3v) is 4.51. The van der Waals surface area contributed by atoms with Crippen LogP contribution in [0.25, 0.3) is 17.0 Å². The molecule has 9 nitrogen and oxygen atoms in total. The van der Waals surface area contributed by atoms with Crippen molar-refractivity contribution in [2.45, 2.75) is 13.2 Å². The van der Waals surface area contributed by atoms with Gasteiger partial charge in [0.25, 0.3) is 0 Å². The van der Waals surface area contributed by atoms with Crippen molar-refractivity contribution in [3.05, 3.63) is 82.4 Å². The molecule has 4 aromatic rings. The fourth-order valence-corrected chi connectivity index (χ4v) is 3.19. The SMILES string of the molecule is COCc1cc2nn(CC(=O)Nc3cccc(C#N)c3)c(=O)n2c(-c2ccccc2)n1. The Morgan fingerprint density at radius 1 is 1.16 bits per heavy atom. The van der Waals surface area contributed by atoms with Crippen molar-refractivity contribution in [3.63, 3.8) is 0 Å². The van der Waals surface area contributed by atoms with E-state index in [-0.39, 0.29) is 13.2 Å². The molecule has 9 heteroatoms. The Kier molecular flexibility index (Phi) is 5.55. The Morgan fingerprint density at radius 2 is 1.97 bits per heavy atom. The first kappa shape index (κ1) is 20.0. The Morgan fingerprint density at radius 3 is 2.71 bits per heavy atom. The summed E-state index contributed by atoms with van der Waals surface area (Å²) in [5.74, 6) is -0.0181. The number of anilines is 1. The van der Waals surface area contributed by atoms with E-state index in [1.807, 2.05) is 36.4 Å². The minimum Gasteiger partial charge on any atom is -0.378 e.